The van der Waals surface area contributed by atoms with E-state index in [2.05, 4.69) is 4.99 Å². The normalized spacial score (nSPS) is 14.5. The van der Waals surface area contributed by atoms with E-state index in [0.717, 1.165) is 5.56 Å². The van der Waals surface area contributed by atoms with Crippen molar-refractivity contribution in [2.45, 2.75) is 26.5 Å². The van der Waals surface area contributed by atoms with E-state index in [9.17, 15) is 9.59 Å². The second kappa shape index (κ2) is 15.0. The fraction of sp³-hybridized carbons (Fsp3) is 0.265. The highest BCUT2D eigenvalue weighted by Crippen LogP contribution is 2.41. The highest BCUT2D eigenvalue weighted by molar-refractivity contribution is 7.07. The molecule has 0 saturated heterocycles. The minimum Gasteiger partial charge on any atom is -0.493 e. The number of methoxy groups -OCH3 is 2. The molecule has 4 aromatic rings. The Labute approximate surface area is 279 Å². The summed E-state index contributed by atoms with van der Waals surface area (Å²) in [4.78, 5) is 33.0. The molecule has 0 radical (unpaired) electrons. The van der Waals surface area contributed by atoms with Gasteiger partial charge in [0, 0.05) is 33.8 Å². The minimum absolute atomic E-state index is 0.0332. The van der Waals surface area contributed by atoms with E-state index in [1.165, 1.54) is 30.1 Å². The van der Waals surface area contributed by atoms with Crippen molar-refractivity contribution in [2.24, 2.45) is 4.99 Å². The van der Waals surface area contributed by atoms with Crippen molar-refractivity contribution in [3.63, 3.8) is 0 Å². The van der Waals surface area contributed by atoms with Crippen LogP contribution in [0.4, 0.5) is 0 Å². The summed E-state index contributed by atoms with van der Waals surface area (Å²) in [5.74, 6) is 0.765. The van der Waals surface area contributed by atoms with E-state index in [1.807, 2.05) is 25.1 Å². The van der Waals surface area contributed by atoms with Gasteiger partial charge in [-0.3, -0.25) is 9.36 Å². The second-order valence-electron chi connectivity index (χ2n) is 10.1. The van der Waals surface area contributed by atoms with E-state index in [4.69, 9.17) is 46.9 Å². The molecule has 1 atom stereocenters. The van der Waals surface area contributed by atoms with E-state index < -0.39 is 12.0 Å². The van der Waals surface area contributed by atoms with Crippen molar-refractivity contribution in [3.05, 3.63) is 118 Å². The molecule has 3 aromatic carbocycles. The summed E-state index contributed by atoms with van der Waals surface area (Å²) in [7, 11) is 3.05. The first-order valence-corrected chi connectivity index (χ1v) is 16.0. The number of benzene rings is 3. The lowest BCUT2D eigenvalue weighted by atomic mass is 9.94. The molecular weight excluding hydrogens is 651 g/mol. The Morgan fingerprint density at radius 2 is 1.83 bits per heavy atom. The first-order chi connectivity index (χ1) is 22.3. The molecule has 1 aliphatic rings. The van der Waals surface area contributed by atoms with Crippen LogP contribution in [0.5, 0.6) is 17.2 Å². The molecule has 240 valence electrons. The maximum Gasteiger partial charge on any atom is 0.338 e. The van der Waals surface area contributed by atoms with Crippen LogP contribution in [0.15, 0.2) is 81.7 Å². The zero-order chi connectivity index (χ0) is 32.8. The number of fused-ring (bicyclic) bond motifs is 1. The molecule has 2 heterocycles. The van der Waals surface area contributed by atoms with Gasteiger partial charge in [0.2, 0.25) is 0 Å². The predicted molar refractivity (Wildman–Crippen MR) is 178 cm³/mol. The standard InChI is InChI=1S/C34H32Cl2N2O7S/c1-5-43-31-24(10-8-12-27(31)42-4)30-29(33(40)44-16-15-41-3)20(2)37-34-38(30)32(39)28(46-34)18-22-17-23(35)13-14-26(22)45-19-21-9-6-7-11-25(21)36/h6-14,17-18,30H,5,15-16,19H2,1-4H3/b28-18+/t30-/m0/s1. The number of hydrogen-bond donors (Lipinski definition) is 0. The monoisotopic (exact) mass is 682 g/mol. The Balaban J connectivity index is 1.66. The maximum absolute atomic E-state index is 14.3. The Hall–Kier alpha value is -4.09. The van der Waals surface area contributed by atoms with Gasteiger partial charge in [0.15, 0.2) is 16.3 Å². The molecule has 0 aliphatic carbocycles. The largest absolute Gasteiger partial charge is 0.493 e. The summed E-state index contributed by atoms with van der Waals surface area (Å²) in [6.07, 6.45) is 1.71. The number of carbonyl (C=O) groups excluding carboxylic acids is 1. The van der Waals surface area contributed by atoms with Crippen LogP contribution in [0.1, 0.15) is 36.6 Å². The summed E-state index contributed by atoms with van der Waals surface area (Å²) in [5.41, 5.74) is 2.20. The van der Waals surface area contributed by atoms with Crippen LogP contribution in [-0.4, -0.2) is 44.6 Å². The van der Waals surface area contributed by atoms with Gasteiger partial charge in [0.1, 0.15) is 25.0 Å². The average Bonchev–Trinajstić information content (AvgIpc) is 3.34. The summed E-state index contributed by atoms with van der Waals surface area (Å²) in [6.45, 7) is 4.36. The summed E-state index contributed by atoms with van der Waals surface area (Å²) in [5, 5.41) is 1.05. The summed E-state index contributed by atoms with van der Waals surface area (Å²) < 4.78 is 30.2. The molecule has 0 fully saturated rings. The van der Waals surface area contributed by atoms with Crippen LogP contribution in [0.3, 0.4) is 0 Å². The predicted octanol–water partition coefficient (Wildman–Crippen LogP) is 5.72. The van der Waals surface area contributed by atoms with Gasteiger partial charge in [-0.15, -0.1) is 0 Å². The van der Waals surface area contributed by atoms with Crippen molar-refractivity contribution >= 4 is 46.6 Å². The molecular formula is C34H32Cl2N2O7S. The van der Waals surface area contributed by atoms with Gasteiger partial charge in [0.05, 0.1) is 36.1 Å². The number of esters is 1. The van der Waals surface area contributed by atoms with Crippen LogP contribution in [0.2, 0.25) is 10.0 Å². The number of aromatic nitrogens is 1. The number of halogens is 2. The summed E-state index contributed by atoms with van der Waals surface area (Å²) >= 11 is 13.9. The molecule has 12 heteroatoms. The number of allylic oxidation sites excluding steroid dienone is 1. The lowest BCUT2D eigenvalue weighted by Gasteiger charge is -2.27. The van der Waals surface area contributed by atoms with E-state index in [0.29, 0.717) is 60.1 Å². The van der Waals surface area contributed by atoms with Crippen LogP contribution < -0.4 is 29.1 Å². The van der Waals surface area contributed by atoms with Crippen LogP contribution in [-0.2, 0) is 20.9 Å². The number of hydrogen-bond acceptors (Lipinski definition) is 9. The quantitative estimate of drug-likeness (QED) is 0.139. The zero-order valence-corrected chi connectivity index (χ0v) is 28.0. The Kier molecular flexibility index (Phi) is 10.9. The fourth-order valence-electron chi connectivity index (χ4n) is 5.06. The average molecular weight is 684 g/mol. The second-order valence-corrected chi connectivity index (χ2v) is 11.9. The van der Waals surface area contributed by atoms with Crippen molar-refractivity contribution in [2.75, 3.05) is 34.0 Å². The lowest BCUT2D eigenvalue weighted by molar-refractivity contribution is -0.140. The Morgan fingerprint density at radius 3 is 2.57 bits per heavy atom. The third-order valence-corrected chi connectivity index (χ3v) is 8.76. The molecule has 0 spiro atoms. The molecule has 0 bridgehead atoms. The van der Waals surface area contributed by atoms with Gasteiger partial charge in [-0.2, -0.15) is 0 Å². The zero-order valence-electron chi connectivity index (χ0n) is 25.7. The van der Waals surface area contributed by atoms with Crippen LogP contribution in [0, 0.1) is 0 Å². The number of rotatable bonds is 12. The van der Waals surface area contributed by atoms with Gasteiger partial charge in [-0.1, -0.05) is 64.9 Å². The van der Waals surface area contributed by atoms with Crippen molar-refractivity contribution in [1.82, 2.24) is 4.57 Å². The Bertz CT molecular complexity index is 1970. The number of para-hydroxylation sites is 1. The van der Waals surface area contributed by atoms with E-state index >= 15 is 0 Å². The number of ether oxygens (including phenoxy) is 5. The molecule has 0 unspecified atom stereocenters. The topological polar surface area (TPSA) is 97.6 Å². The molecule has 0 saturated carbocycles. The van der Waals surface area contributed by atoms with Crippen molar-refractivity contribution < 1.29 is 28.5 Å². The van der Waals surface area contributed by atoms with Gasteiger partial charge < -0.3 is 23.7 Å². The van der Waals surface area contributed by atoms with Gasteiger partial charge in [0.25, 0.3) is 5.56 Å². The first kappa shape index (κ1) is 33.3. The van der Waals surface area contributed by atoms with E-state index in [1.54, 1.807) is 55.5 Å². The number of thiazole rings is 1. The summed E-state index contributed by atoms with van der Waals surface area (Å²) in [6, 6.07) is 17.0. The third-order valence-electron chi connectivity index (χ3n) is 7.17. The highest BCUT2D eigenvalue weighted by Gasteiger charge is 2.36. The molecule has 0 amide bonds. The van der Waals surface area contributed by atoms with Gasteiger partial charge in [-0.25, -0.2) is 9.79 Å². The molecule has 1 aliphatic heterocycles. The molecule has 1 aromatic heterocycles. The number of carbonyl (C=O) groups is 1. The van der Waals surface area contributed by atoms with Crippen molar-refractivity contribution in [3.8, 4) is 17.2 Å². The van der Waals surface area contributed by atoms with Gasteiger partial charge >= 0.3 is 5.97 Å². The smallest absolute Gasteiger partial charge is 0.338 e. The van der Waals surface area contributed by atoms with Crippen molar-refractivity contribution in [1.29, 1.82) is 0 Å². The molecule has 9 nitrogen and oxygen atoms in total. The minimum atomic E-state index is -0.916. The number of nitrogens with zero attached hydrogens (tertiary/aromatic N) is 2. The third kappa shape index (κ3) is 7.00. The molecule has 5 rings (SSSR count). The first-order valence-electron chi connectivity index (χ1n) is 14.4. The SMILES string of the molecule is CCOc1c(OC)cccc1[C@H]1C(C(=O)OCCOC)=C(C)N=c2s/c(=C/c3cc(Cl)ccc3OCc3ccccc3Cl)c(=O)n21. The molecule has 0 N–H and O–H groups in total. The fourth-order valence-corrected chi connectivity index (χ4v) is 6.46. The Morgan fingerprint density at radius 1 is 1.02 bits per heavy atom. The van der Waals surface area contributed by atoms with E-state index in [-0.39, 0.29) is 31.0 Å². The maximum atomic E-state index is 14.3. The lowest BCUT2D eigenvalue weighted by Crippen LogP contribution is -2.40. The highest BCUT2D eigenvalue weighted by atomic mass is 35.5. The van der Waals surface area contributed by atoms with Crippen LogP contribution >= 0.6 is 34.5 Å². The van der Waals surface area contributed by atoms with Crippen LogP contribution in [0.25, 0.3) is 6.08 Å². The molecule has 46 heavy (non-hydrogen) atoms. The van der Waals surface area contributed by atoms with Gasteiger partial charge in [-0.05, 0) is 50.3 Å².